The van der Waals surface area contributed by atoms with Gasteiger partial charge in [0.05, 0.1) is 12.4 Å². The van der Waals surface area contributed by atoms with Crippen molar-refractivity contribution in [2.45, 2.75) is 0 Å². The zero-order chi connectivity index (χ0) is 23.9. The second-order valence-corrected chi connectivity index (χ2v) is 8.65. The van der Waals surface area contributed by atoms with E-state index >= 15 is 0 Å². The van der Waals surface area contributed by atoms with E-state index in [1.165, 1.54) is 12.4 Å². The van der Waals surface area contributed by atoms with Crippen LogP contribution in [0, 0.1) is 0 Å². The Labute approximate surface area is 211 Å². The van der Waals surface area contributed by atoms with Crippen LogP contribution in [0.25, 0.3) is 22.6 Å². The Hall–Kier alpha value is -3.76. The molecule has 0 radical (unpaired) electrons. The first-order valence-corrected chi connectivity index (χ1v) is 11.4. The van der Waals surface area contributed by atoms with Crippen LogP contribution in [-0.4, -0.2) is 24.2 Å². The van der Waals surface area contributed by atoms with Crippen molar-refractivity contribution in [2.75, 3.05) is 0 Å². The Balaban J connectivity index is 1.26. The van der Waals surface area contributed by atoms with Gasteiger partial charge >= 0.3 is 11.8 Å². The third-order valence-corrected chi connectivity index (χ3v) is 5.49. The minimum Gasteiger partial charge on any atom is -0.455 e. The molecule has 2 heterocycles. The van der Waals surface area contributed by atoms with Crippen molar-refractivity contribution in [2.24, 2.45) is 10.2 Å². The molecule has 0 saturated heterocycles. The van der Waals surface area contributed by atoms with Gasteiger partial charge in [0.2, 0.25) is 0 Å². The molecule has 0 atom stereocenters. The van der Waals surface area contributed by atoms with Crippen LogP contribution in [0.3, 0.4) is 0 Å². The molecule has 0 fully saturated rings. The number of amides is 2. The average molecular weight is 584 g/mol. The Bertz CT molecular complexity index is 1250. The molecule has 0 aliphatic heterocycles. The molecule has 8 nitrogen and oxygen atoms in total. The zero-order valence-corrected chi connectivity index (χ0v) is 20.5. The van der Waals surface area contributed by atoms with Gasteiger partial charge in [-0.05, 0) is 48.5 Å². The summed E-state index contributed by atoms with van der Waals surface area (Å²) >= 11 is 6.76. The number of hydrogen-bond donors (Lipinski definition) is 2. The molecule has 0 aliphatic rings. The second kappa shape index (κ2) is 10.9. The van der Waals surface area contributed by atoms with Gasteiger partial charge in [0.15, 0.2) is 0 Å². The fraction of sp³-hybridized carbons (Fsp3) is 0. The maximum absolute atomic E-state index is 11.9. The van der Waals surface area contributed by atoms with Gasteiger partial charge in [-0.3, -0.25) is 9.59 Å². The van der Waals surface area contributed by atoms with Crippen molar-refractivity contribution < 1.29 is 18.4 Å². The molecule has 2 aromatic carbocycles. The van der Waals surface area contributed by atoms with Gasteiger partial charge in [-0.2, -0.15) is 10.2 Å². The van der Waals surface area contributed by atoms with Gasteiger partial charge < -0.3 is 8.83 Å². The SMILES string of the molecule is O=C(N/N=C\c1ccc(-c2ccc(Br)cc2)o1)C(=O)N/N=C/c1ccc(-c2ccc(Br)cc2)o1. The first-order chi connectivity index (χ1) is 16.5. The van der Waals surface area contributed by atoms with E-state index in [0.717, 1.165) is 20.1 Å². The normalized spacial score (nSPS) is 11.2. The second-order valence-electron chi connectivity index (χ2n) is 6.82. The molecule has 4 rings (SSSR count). The van der Waals surface area contributed by atoms with Crippen molar-refractivity contribution in [3.8, 4) is 22.6 Å². The molecule has 4 aromatic rings. The Kier molecular flexibility index (Phi) is 7.51. The van der Waals surface area contributed by atoms with Crippen molar-refractivity contribution in [1.29, 1.82) is 0 Å². The molecule has 0 unspecified atom stereocenters. The Morgan fingerprint density at radius 1 is 0.618 bits per heavy atom. The fourth-order valence-electron chi connectivity index (χ4n) is 2.79. The number of nitrogens with one attached hydrogen (secondary N) is 2. The predicted molar refractivity (Wildman–Crippen MR) is 135 cm³/mol. The van der Waals surface area contributed by atoms with E-state index in [2.05, 4.69) is 52.9 Å². The lowest BCUT2D eigenvalue weighted by molar-refractivity contribution is -0.139. The summed E-state index contributed by atoms with van der Waals surface area (Å²) in [5.41, 5.74) is 6.02. The molecule has 10 heteroatoms. The third-order valence-electron chi connectivity index (χ3n) is 4.43. The number of rotatable bonds is 6. The molecule has 0 saturated carbocycles. The van der Waals surface area contributed by atoms with E-state index in [-0.39, 0.29) is 0 Å². The largest absolute Gasteiger partial charge is 0.455 e. The molecular weight excluding hydrogens is 568 g/mol. The predicted octanol–water partition coefficient (Wildman–Crippen LogP) is 5.33. The lowest BCUT2D eigenvalue weighted by Crippen LogP contribution is -2.35. The number of hydrazone groups is 2. The summed E-state index contributed by atoms with van der Waals surface area (Å²) in [4.78, 5) is 23.8. The standard InChI is InChI=1S/C24H16Br2N4O4/c25-17-5-1-15(2-6-17)21-11-9-19(33-21)13-27-29-23(31)24(32)30-28-14-20-10-12-22(34-20)16-3-7-18(26)8-4-16/h1-14H,(H,29,31)(H,30,32)/b27-13-,28-14+. The van der Waals surface area contributed by atoms with Crippen LogP contribution in [0.1, 0.15) is 11.5 Å². The molecule has 2 aromatic heterocycles. The molecule has 170 valence electrons. The van der Waals surface area contributed by atoms with Gasteiger partial charge in [0.1, 0.15) is 23.0 Å². The van der Waals surface area contributed by atoms with Crippen LogP contribution in [0.5, 0.6) is 0 Å². The molecule has 0 aliphatic carbocycles. The van der Waals surface area contributed by atoms with Crippen LogP contribution in [0.4, 0.5) is 0 Å². The maximum Gasteiger partial charge on any atom is 0.331 e. The highest BCUT2D eigenvalue weighted by Crippen LogP contribution is 2.24. The lowest BCUT2D eigenvalue weighted by atomic mass is 10.2. The lowest BCUT2D eigenvalue weighted by Gasteiger charge is -1.98. The van der Waals surface area contributed by atoms with Crippen LogP contribution in [-0.2, 0) is 9.59 Å². The van der Waals surface area contributed by atoms with Gasteiger partial charge in [0, 0.05) is 20.1 Å². The summed E-state index contributed by atoms with van der Waals surface area (Å²) in [7, 11) is 0. The number of carbonyl (C=O) groups excluding carboxylic acids is 2. The summed E-state index contributed by atoms with van der Waals surface area (Å²) in [6.45, 7) is 0. The smallest absolute Gasteiger partial charge is 0.331 e. The highest BCUT2D eigenvalue weighted by molar-refractivity contribution is 9.10. The average Bonchev–Trinajstić information content (AvgIpc) is 3.50. The van der Waals surface area contributed by atoms with Gasteiger partial charge in [-0.25, -0.2) is 10.9 Å². The summed E-state index contributed by atoms with van der Waals surface area (Å²) in [5, 5.41) is 7.47. The quantitative estimate of drug-likeness (QED) is 0.181. The Morgan fingerprint density at radius 3 is 1.38 bits per heavy atom. The monoisotopic (exact) mass is 582 g/mol. The van der Waals surface area contributed by atoms with Gasteiger partial charge in [0.25, 0.3) is 0 Å². The number of benzene rings is 2. The minimum atomic E-state index is -0.983. The molecule has 0 bridgehead atoms. The zero-order valence-electron chi connectivity index (χ0n) is 17.4. The van der Waals surface area contributed by atoms with Crippen LogP contribution >= 0.6 is 31.9 Å². The van der Waals surface area contributed by atoms with Gasteiger partial charge in [-0.1, -0.05) is 56.1 Å². The number of nitrogens with zero attached hydrogens (tertiary/aromatic N) is 2. The summed E-state index contributed by atoms with van der Waals surface area (Å²) in [5.74, 6) is 0.153. The van der Waals surface area contributed by atoms with Crippen LogP contribution in [0.15, 0.2) is 101 Å². The van der Waals surface area contributed by atoms with E-state index < -0.39 is 11.8 Å². The van der Waals surface area contributed by atoms with Crippen molar-refractivity contribution in [3.05, 3.63) is 93.3 Å². The summed E-state index contributed by atoms with van der Waals surface area (Å²) in [6.07, 6.45) is 2.59. The molecule has 2 amide bonds. The number of halogens is 2. The number of hydrogen-bond acceptors (Lipinski definition) is 6. The topological polar surface area (TPSA) is 109 Å². The number of carbonyl (C=O) groups is 2. The highest BCUT2D eigenvalue weighted by Gasteiger charge is 2.12. The molecular formula is C24H16Br2N4O4. The fourth-order valence-corrected chi connectivity index (χ4v) is 3.32. The van der Waals surface area contributed by atoms with E-state index in [9.17, 15) is 9.59 Å². The van der Waals surface area contributed by atoms with Gasteiger partial charge in [-0.15, -0.1) is 0 Å². The molecule has 2 N–H and O–H groups in total. The van der Waals surface area contributed by atoms with E-state index in [0.29, 0.717) is 23.0 Å². The first-order valence-electron chi connectivity index (χ1n) is 9.86. The third kappa shape index (κ3) is 6.18. The summed E-state index contributed by atoms with van der Waals surface area (Å²) in [6, 6.07) is 22.2. The van der Waals surface area contributed by atoms with E-state index in [1.54, 1.807) is 24.3 Å². The van der Waals surface area contributed by atoms with E-state index in [4.69, 9.17) is 8.83 Å². The van der Waals surface area contributed by atoms with Crippen molar-refractivity contribution in [3.63, 3.8) is 0 Å². The van der Waals surface area contributed by atoms with Crippen LogP contribution in [0.2, 0.25) is 0 Å². The Morgan fingerprint density at radius 2 is 1.00 bits per heavy atom. The van der Waals surface area contributed by atoms with Crippen LogP contribution < -0.4 is 10.9 Å². The molecule has 34 heavy (non-hydrogen) atoms. The maximum atomic E-state index is 11.9. The summed E-state index contributed by atoms with van der Waals surface area (Å²) < 4.78 is 13.2. The molecule has 0 spiro atoms. The first kappa shape index (κ1) is 23.4. The highest BCUT2D eigenvalue weighted by atomic mass is 79.9. The number of furan rings is 2. The van der Waals surface area contributed by atoms with Crippen molar-refractivity contribution >= 4 is 56.1 Å². The van der Waals surface area contributed by atoms with E-state index in [1.807, 2.05) is 48.5 Å². The minimum absolute atomic E-state index is 0.413. The van der Waals surface area contributed by atoms with Crippen molar-refractivity contribution in [1.82, 2.24) is 10.9 Å².